The van der Waals surface area contributed by atoms with Crippen molar-refractivity contribution in [1.29, 1.82) is 0 Å². The third-order valence-corrected chi connectivity index (χ3v) is 1.33. The van der Waals surface area contributed by atoms with Crippen molar-refractivity contribution in [2.24, 2.45) is 0 Å². The van der Waals surface area contributed by atoms with Crippen molar-refractivity contribution in [2.45, 2.75) is 19.9 Å². The Balaban J connectivity index is 3.31. The maximum atomic E-state index is 10.3. The highest BCUT2D eigenvalue weighted by atomic mass is 16.4. The maximum absolute atomic E-state index is 10.3. The highest BCUT2D eigenvalue weighted by Crippen LogP contribution is 1.82. The number of carboxylic acid groups (broad SMARTS) is 1. The molecule has 0 saturated heterocycles. The summed E-state index contributed by atoms with van der Waals surface area (Å²) >= 11 is 0. The van der Waals surface area contributed by atoms with Gasteiger partial charge in [0.2, 0.25) is 0 Å². The highest BCUT2D eigenvalue weighted by Gasteiger charge is 2.03. The maximum Gasteiger partial charge on any atom is 0.407 e. The highest BCUT2D eigenvalue weighted by molar-refractivity contribution is 5.64. The van der Waals surface area contributed by atoms with E-state index < -0.39 is 6.09 Å². The minimum Gasteiger partial charge on any atom is -0.465 e. The molecular formula is C7H16N2O2. The van der Waals surface area contributed by atoms with E-state index in [2.05, 4.69) is 5.32 Å². The van der Waals surface area contributed by atoms with Crippen molar-refractivity contribution >= 4 is 6.09 Å². The van der Waals surface area contributed by atoms with E-state index in [1.807, 2.05) is 13.8 Å². The fourth-order valence-corrected chi connectivity index (χ4v) is 0.617. The van der Waals surface area contributed by atoms with E-state index in [4.69, 9.17) is 5.11 Å². The SMILES string of the molecule is CC(C)NCCN(C)C(=O)O. The lowest BCUT2D eigenvalue weighted by molar-refractivity contribution is 0.156. The van der Waals surface area contributed by atoms with Crippen molar-refractivity contribution in [3.05, 3.63) is 0 Å². The largest absolute Gasteiger partial charge is 0.465 e. The van der Waals surface area contributed by atoms with E-state index in [-0.39, 0.29) is 0 Å². The molecule has 0 saturated carbocycles. The van der Waals surface area contributed by atoms with E-state index in [0.717, 1.165) is 0 Å². The fourth-order valence-electron chi connectivity index (χ4n) is 0.617. The summed E-state index contributed by atoms with van der Waals surface area (Å²) in [5.41, 5.74) is 0. The van der Waals surface area contributed by atoms with Crippen LogP contribution in [0.1, 0.15) is 13.8 Å². The molecule has 0 aliphatic heterocycles. The first-order valence-corrected chi connectivity index (χ1v) is 3.71. The minimum absolute atomic E-state index is 0.414. The molecule has 0 bridgehead atoms. The number of likely N-dealkylation sites (N-methyl/N-ethyl adjacent to an activating group) is 1. The summed E-state index contributed by atoms with van der Waals surface area (Å²) in [5.74, 6) is 0. The number of nitrogens with one attached hydrogen (secondary N) is 1. The molecule has 0 atom stereocenters. The van der Waals surface area contributed by atoms with Crippen LogP contribution in [-0.2, 0) is 0 Å². The number of nitrogens with zero attached hydrogens (tertiary/aromatic N) is 1. The van der Waals surface area contributed by atoms with Crippen molar-refractivity contribution in [2.75, 3.05) is 20.1 Å². The Labute approximate surface area is 67.2 Å². The monoisotopic (exact) mass is 160 g/mol. The zero-order valence-electron chi connectivity index (χ0n) is 7.29. The number of rotatable bonds is 4. The van der Waals surface area contributed by atoms with Gasteiger partial charge in [-0.25, -0.2) is 4.79 Å². The average molecular weight is 160 g/mol. The Morgan fingerprint density at radius 3 is 2.55 bits per heavy atom. The number of carbonyl (C=O) groups is 1. The summed E-state index contributed by atoms with van der Waals surface area (Å²) < 4.78 is 0. The summed E-state index contributed by atoms with van der Waals surface area (Å²) in [4.78, 5) is 11.5. The predicted molar refractivity (Wildman–Crippen MR) is 43.8 cm³/mol. The molecule has 11 heavy (non-hydrogen) atoms. The second-order valence-corrected chi connectivity index (χ2v) is 2.81. The third-order valence-electron chi connectivity index (χ3n) is 1.33. The van der Waals surface area contributed by atoms with Gasteiger partial charge in [-0.15, -0.1) is 0 Å². The quantitative estimate of drug-likeness (QED) is 0.633. The van der Waals surface area contributed by atoms with Crippen molar-refractivity contribution in [3.8, 4) is 0 Å². The number of hydrogen-bond donors (Lipinski definition) is 2. The summed E-state index contributed by atoms with van der Waals surface area (Å²) in [7, 11) is 1.56. The number of hydrogen-bond acceptors (Lipinski definition) is 2. The Hall–Kier alpha value is -0.770. The zero-order chi connectivity index (χ0) is 8.85. The van der Waals surface area contributed by atoms with Crippen LogP contribution < -0.4 is 5.32 Å². The molecule has 4 nitrogen and oxygen atoms in total. The standard InChI is InChI=1S/C7H16N2O2/c1-6(2)8-4-5-9(3)7(10)11/h6,8H,4-5H2,1-3H3,(H,10,11). The lowest BCUT2D eigenvalue weighted by Crippen LogP contribution is -2.35. The van der Waals surface area contributed by atoms with Crippen LogP contribution in [0.3, 0.4) is 0 Å². The zero-order valence-corrected chi connectivity index (χ0v) is 7.29. The molecule has 0 fully saturated rings. The predicted octanol–water partition coefficient (Wildman–Crippen LogP) is 0.594. The van der Waals surface area contributed by atoms with Gasteiger partial charge in [0.05, 0.1) is 0 Å². The molecule has 0 radical (unpaired) electrons. The van der Waals surface area contributed by atoms with Crippen LogP contribution in [0.15, 0.2) is 0 Å². The van der Waals surface area contributed by atoms with E-state index >= 15 is 0 Å². The minimum atomic E-state index is -0.879. The molecule has 0 aromatic heterocycles. The van der Waals surface area contributed by atoms with Crippen molar-refractivity contribution in [1.82, 2.24) is 10.2 Å². The topological polar surface area (TPSA) is 52.6 Å². The van der Waals surface area contributed by atoms with Gasteiger partial charge in [0.25, 0.3) is 0 Å². The van der Waals surface area contributed by atoms with Crippen LogP contribution >= 0.6 is 0 Å². The molecule has 0 aliphatic carbocycles. The van der Waals surface area contributed by atoms with E-state index in [1.54, 1.807) is 7.05 Å². The van der Waals surface area contributed by atoms with Crippen LogP contribution in [0.2, 0.25) is 0 Å². The molecule has 1 amide bonds. The van der Waals surface area contributed by atoms with Gasteiger partial charge in [0.15, 0.2) is 0 Å². The van der Waals surface area contributed by atoms with Crippen molar-refractivity contribution < 1.29 is 9.90 Å². The van der Waals surface area contributed by atoms with Gasteiger partial charge in [-0.3, -0.25) is 0 Å². The molecule has 0 unspecified atom stereocenters. The second kappa shape index (κ2) is 4.96. The molecule has 0 aliphatic rings. The van der Waals surface area contributed by atoms with E-state index in [9.17, 15) is 4.79 Å². The molecular weight excluding hydrogens is 144 g/mol. The van der Waals surface area contributed by atoms with Gasteiger partial charge in [-0.1, -0.05) is 13.8 Å². The first kappa shape index (κ1) is 10.2. The molecule has 0 aromatic carbocycles. The molecule has 4 heteroatoms. The summed E-state index contributed by atoms with van der Waals surface area (Å²) in [6, 6.07) is 0.414. The van der Waals surface area contributed by atoms with Gasteiger partial charge in [0.1, 0.15) is 0 Å². The van der Waals surface area contributed by atoms with E-state index in [1.165, 1.54) is 4.90 Å². The Morgan fingerprint density at radius 2 is 2.18 bits per heavy atom. The Morgan fingerprint density at radius 1 is 1.64 bits per heavy atom. The average Bonchev–Trinajstić information content (AvgIpc) is 1.86. The molecule has 0 rings (SSSR count). The Bertz CT molecular complexity index is 126. The van der Waals surface area contributed by atoms with Gasteiger partial charge >= 0.3 is 6.09 Å². The van der Waals surface area contributed by atoms with Gasteiger partial charge < -0.3 is 15.3 Å². The molecule has 0 spiro atoms. The molecule has 0 heterocycles. The lowest BCUT2D eigenvalue weighted by Gasteiger charge is -2.14. The molecule has 66 valence electrons. The first-order valence-electron chi connectivity index (χ1n) is 3.71. The molecule has 0 aromatic rings. The van der Waals surface area contributed by atoms with Crippen LogP contribution in [0.25, 0.3) is 0 Å². The fraction of sp³-hybridized carbons (Fsp3) is 0.857. The van der Waals surface area contributed by atoms with Crippen LogP contribution in [0.4, 0.5) is 4.79 Å². The van der Waals surface area contributed by atoms with Crippen LogP contribution in [0, 0.1) is 0 Å². The van der Waals surface area contributed by atoms with Crippen molar-refractivity contribution in [3.63, 3.8) is 0 Å². The molecule has 2 N–H and O–H groups in total. The normalized spacial score (nSPS) is 10.2. The van der Waals surface area contributed by atoms with Crippen LogP contribution in [-0.4, -0.2) is 42.3 Å². The van der Waals surface area contributed by atoms with Crippen LogP contribution in [0.5, 0.6) is 0 Å². The number of amides is 1. The second-order valence-electron chi connectivity index (χ2n) is 2.81. The summed E-state index contributed by atoms with van der Waals surface area (Å²) in [5, 5.41) is 11.6. The third kappa shape index (κ3) is 5.66. The van der Waals surface area contributed by atoms with E-state index in [0.29, 0.717) is 19.1 Å². The smallest absolute Gasteiger partial charge is 0.407 e. The van der Waals surface area contributed by atoms with Gasteiger partial charge in [-0.2, -0.15) is 0 Å². The summed E-state index contributed by atoms with van der Waals surface area (Å²) in [6.45, 7) is 5.30. The first-order chi connectivity index (χ1) is 5.04. The Kier molecular flexibility index (Phi) is 4.61. The van der Waals surface area contributed by atoms with Gasteiger partial charge in [0, 0.05) is 26.2 Å². The summed E-state index contributed by atoms with van der Waals surface area (Å²) in [6.07, 6.45) is -0.879. The lowest BCUT2D eigenvalue weighted by atomic mass is 10.4. The van der Waals surface area contributed by atoms with Gasteiger partial charge in [-0.05, 0) is 0 Å².